The van der Waals surface area contributed by atoms with Gasteiger partial charge in [0.25, 0.3) is 5.91 Å². The van der Waals surface area contributed by atoms with Gasteiger partial charge >= 0.3 is 0 Å². The van der Waals surface area contributed by atoms with E-state index in [1.807, 2.05) is 17.5 Å². The van der Waals surface area contributed by atoms with Crippen LogP contribution in [-0.2, 0) is 6.42 Å². The van der Waals surface area contributed by atoms with E-state index in [2.05, 4.69) is 45.8 Å². The van der Waals surface area contributed by atoms with Crippen molar-refractivity contribution in [1.29, 1.82) is 0 Å². The number of carbonyl (C=O) groups is 1. The van der Waals surface area contributed by atoms with E-state index in [1.54, 1.807) is 0 Å². The highest BCUT2D eigenvalue weighted by atomic mass is 32.1. The quantitative estimate of drug-likeness (QED) is 0.661. The molecule has 1 amide bonds. The number of hydrogen-bond donors (Lipinski definition) is 1. The fourth-order valence-electron chi connectivity index (χ4n) is 3.39. The van der Waals surface area contributed by atoms with Crippen molar-refractivity contribution in [2.75, 3.05) is 24.5 Å². The standard InChI is InChI=1S/C21H24N4OS2/c1-15-4-6-16(7-5-15)13-19-23-21(28-24-19)25-10-8-17(9-11-25)14-22-20(26)18-3-2-12-27-18/h2-7,12,17H,8-11,13-14H2,1H3,(H,22,26). The first-order valence-corrected chi connectivity index (χ1v) is 11.3. The molecule has 0 saturated carbocycles. The lowest BCUT2D eigenvalue weighted by Crippen LogP contribution is -2.38. The average molecular weight is 413 g/mol. The summed E-state index contributed by atoms with van der Waals surface area (Å²) in [6, 6.07) is 12.3. The molecule has 0 radical (unpaired) electrons. The molecule has 0 atom stereocenters. The van der Waals surface area contributed by atoms with Crippen LogP contribution in [0.15, 0.2) is 41.8 Å². The minimum Gasteiger partial charge on any atom is -0.351 e. The van der Waals surface area contributed by atoms with E-state index in [0.717, 1.165) is 54.7 Å². The van der Waals surface area contributed by atoms with Gasteiger partial charge < -0.3 is 10.2 Å². The first-order valence-electron chi connectivity index (χ1n) is 9.62. The van der Waals surface area contributed by atoms with Gasteiger partial charge in [-0.1, -0.05) is 35.9 Å². The highest BCUT2D eigenvalue weighted by Gasteiger charge is 2.22. The van der Waals surface area contributed by atoms with Crippen LogP contribution in [0.5, 0.6) is 0 Å². The van der Waals surface area contributed by atoms with Gasteiger partial charge in [-0.15, -0.1) is 11.3 Å². The van der Waals surface area contributed by atoms with E-state index in [1.165, 1.54) is 34.0 Å². The number of hydrogen-bond acceptors (Lipinski definition) is 6. The number of carbonyl (C=O) groups excluding carboxylic acids is 1. The van der Waals surface area contributed by atoms with E-state index in [9.17, 15) is 4.79 Å². The molecule has 0 unspecified atom stereocenters. The van der Waals surface area contributed by atoms with Crippen LogP contribution in [0.1, 0.15) is 39.5 Å². The van der Waals surface area contributed by atoms with Gasteiger partial charge in [-0.3, -0.25) is 4.79 Å². The summed E-state index contributed by atoms with van der Waals surface area (Å²) in [5.41, 5.74) is 2.51. The second-order valence-electron chi connectivity index (χ2n) is 7.27. The normalized spacial score (nSPS) is 15.0. The van der Waals surface area contributed by atoms with Crippen LogP contribution in [0.3, 0.4) is 0 Å². The maximum atomic E-state index is 12.1. The molecule has 7 heteroatoms. The van der Waals surface area contributed by atoms with Crippen molar-refractivity contribution in [3.63, 3.8) is 0 Å². The first kappa shape index (κ1) is 19.1. The molecule has 4 rings (SSSR count). The largest absolute Gasteiger partial charge is 0.351 e. The molecule has 2 aromatic heterocycles. The molecule has 0 bridgehead atoms. The molecule has 3 heterocycles. The van der Waals surface area contributed by atoms with Gasteiger partial charge in [0.15, 0.2) is 0 Å². The van der Waals surface area contributed by atoms with E-state index < -0.39 is 0 Å². The number of nitrogens with zero attached hydrogens (tertiary/aromatic N) is 3. The second-order valence-corrected chi connectivity index (χ2v) is 8.95. The molecular weight excluding hydrogens is 388 g/mol. The molecule has 3 aromatic rings. The summed E-state index contributed by atoms with van der Waals surface area (Å²) >= 11 is 2.98. The zero-order valence-electron chi connectivity index (χ0n) is 15.9. The average Bonchev–Trinajstić information content (AvgIpc) is 3.41. The van der Waals surface area contributed by atoms with Gasteiger partial charge in [-0.25, -0.2) is 4.98 Å². The third kappa shape index (κ3) is 4.77. The van der Waals surface area contributed by atoms with E-state index in [0.29, 0.717) is 5.92 Å². The van der Waals surface area contributed by atoms with Crippen molar-refractivity contribution < 1.29 is 4.79 Å². The summed E-state index contributed by atoms with van der Waals surface area (Å²) in [4.78, 5) is 19.9. The summed E-state index contributed by atoms with van der Waals surface area (Å²) in [6.45, 7) is 4.79. The molecule has 0 spiro atoms. The molecule has 1 aromatic carbocycles. The van der Waals surface area contributed by atoms with Crippen LogP contribution >= 0.6 is 22.9 Å². The molecule has 1 fully saturated rings. The Labute approximate surface area is 173 Å². The maximum absolute atomic E-state index is 12.1. The molecule has 0 aliphatic carbocycles. The molecule has 1 aliphatic heterocycles. The van der Waals surface area contributed by atoms with Crippen molar-refractivity contribution in [2.45, 2.75) is 26.2 Å². The van der Waals surface area contributed by atoms with Crippen molar-refractivity contribution in [2.24, 2.45) is 5.92 Å². The van der Waals surface area contributed by atoms with Crippen LogP contribution < -0.4 is 10.2 Å². The smallest absolute Gasteiger partial charge is 0.261 e. The number of aromatic nitrogens is 2. The Kier molecular flexibility index (Phi) is 6.02. The molecule has 1 N–H and O–H groups in total. The Bertz CT molecular complexity index is 897. The van der Waals surface area contributed by atoms with Gasteiger partial charge in [0.05, 0.1) is 4.88 Å². The number of piperidine rings is 1. The van der Waals surface area contributed by atoms with Crippen molar-refractivity contribution in [1.82, 2.24) is 14.7 Å². The predicted octanol–water partition coefficient (Wildman–Crippen LogP) is 4.15. The SMILES string of the molecule is Cc1ccc(Cc2nsc(N3CCC(CNC(=O)c4cccs4)CC3)n2)cc1. The van der Waals surface area contributed by atoms with Gasteiger partial charge in [0.1, 0.15) is 5.82 Å². The first-order chi connectivity index (χ1) is 13.7. The van der Waals surface area contributed by atoms with Gasteiger partial charge in [-0.05, 0) is 42.7 Å². The predicted molar refractivity (Wildman–Crippen MR) is 115 cm³/mol. The molecular formula is C21H24N4OS2. The zero-order chi connectivity index (χ0) is 19.3. The zero-order valence-corrected chi connectivity index (χ0v) is 17.6. The van der Waals surface area contributed by atoms with Gasteiger partial charge in [0.2, 0.25) is 5.13 Å². The molecule has 146 valence electrons. The van der Waals surface area contributed by atoms with Crippen LogP contribution in [0.2, 0.25) is 0 Å². The number of anilines is 1. The summed E-state index contributed by atoms with van der Waals surface area (Å²) in [5, 5.41) is 6.02. The van der Waals surface area contributed by atoms with Gasteiger partial charge in [0, 0.05) is 37.6 Å². The fourth-order valence-corrected chi connectivity index (χ4v) is 4.77. The van der Waals surface area contributed by atoms with E-state index >= 15 is 0 Å². The Balaban J connectivity index is 1.25. The topological polar surface area (TPSA) is 58.1 Å². The Morgan fingerprint density at radius 1 is 1.21 bits per heavy atom. The monoisotopic (exact) mass is 412 g/mol. The molecule has 1 aliphatic rings. The summed E-state index contributed by atoms with van der Waals surface area (Å²) in [7, 11) is 0. The van der Waals surface area contributed by atoms with Crippen LogP contribution in [0.25, 0.3) is 0 Å². The number of aryl methyl sites for hydroxylation is 1. The summed E-state index contributed by atoms with van der Waals surface area (Å²) in [6.07, 6.45) is 2.91. The van der Waals surface area contributed by atoms with Crippen LogP contribution in [-0.4, -0.2) is 34.9 Å². The number of benzene rings is 1. The fraction of sp³-hybridized carbons (Fsp3) is 0.381. The number of rotatable bonds is 6. The Hall–Kier alpha value is -2.25. The minimum atomic E-state index is 0.0438. The Morgan fingerprint density at radius 2 is 2.00 bits per heavy atom. The molecule has 5 nitrogen and oxygen atoms in total. The van der Waals surface area contributed by atoms with E-state index in [-0.39, 0.29) is 5.91 Å². The second kappa shape index (κ2) is 8.84. The third-order valence-corrected chi connectivity index (χ3v) is 6.80. The number of nitrogens with one attached hydrogen (secondary N) is 1. The summed E-state index contributed by atoms with van der Waals surface area (Å²) in [5.74, 6) is 1.47. The third-order valence-electron chi connectivity index (χ3n) is 5.12. The number of amides is 1. The van der Waals surface area contributed by atoms with Gasteiger partial charge in [-0.2, -0.15) is 4.37 Å². The maximum Gasteiger partial charge on any atom is 0.261 e. The van der Waals surface area contributed by atoms with E-state index in [4.69, 9.17) is 4.98 Å². The highest BCUT2D eigenvalue weighted by molar-refractivity contribution is 7.12. The van der Waals surface area contributed by atoms with Crippen molar-refractivity contribution in [3.8, 4) is 0 Å². The lowest BCUT2D eigenvalue weighted by Gasteiger charge is -2.31. The molecule has 28 heavy (non-hydrogen) atoms. The Morgan fingerprint density at radius 3 is 2.71 bits per heavy atom. The van der Waals surface area contributed by atoms with Crippen LogP contribution in [0.4, 0.5) is 5.13 Å². The minimum absolute atomic E-state index is 0.0438. The van der Waals surface area contributed by atoms with Crippen LogP contribution in [0, 0.1) is 12.8 Å². The lowest BCUT2D eigenvalue weighted by molar-refractivity contribution is 0.0949. The van der Waals surface area contributed by atoms with Crippen molar-refractivity contribution >= 4 is 33.9 Å². The lowest BCUT2D eigenvalue weighted by atomic mass is 9.97. The number of thiophene rings is 1. The molecule has 1 saturated heterocycles. The summed E-state index contributed by atoms with van der Waals surface area (Å²) < 4.78 is 4.55. The highest BCUT2D eigenvalue weighted by Crippen LogP contribution is 2.25. The van der Waals surface area contributed by atoms with Crippen molar-refractivity contribution in [3.05, 3.63) is 63.6 Å².